The molecule has 6 nitrogen and oxygen atoms in total. The highest BCUT2D eigenvalue weighted by Gasteiger charge is 2.49. The largest absolute Gasteiger partial charge is 0.496 e. The van der Waals surface area contributed by atoms with E-state index in [4.69, 9.17) is 18.3 Å². The maximum atomic E-state index is 11.5. The van der Waals surface area contributed by atoms with Crippen LogP contribution in [0.4, 0.5) is 0 Å². The lowest BCUT2D eigenvalue weighted by Crippen LogP contribution is -2.57. The molecule has 0 radical (unpaired) electrons. The third kappa shape index (κ3) is 6.32. The molecule has 0 amide bonds. The summed E-state index contributed by atoms with van der Waals surface area (Å²) in [6.45, 7) is 24.6. The van der Waals surface area contributed by atoms with E-state index in [0.717, 1.165) is 5.56 Å². The molecule has 1 aromatic carbocycles. The molecule has 1 fully saturated rings. The van der Waals surface area contributed by atoms with Crippen LogP contribution in [0.25, 0.3) is 0 Å². The van der Waals surface area contributed by atoms with Crippen LogP contribution in [0, 0.1) is 0 Å². The fourth-order valence-corrected chi connectivity index (χ4v) is 6.43. The molecule has 0 unspecified atom stereocenters. The summed E-state index contributed by atoms with van der Waals surface area (Å²) in [4.78, 5) is 11.5. The van der Waals surface area contributed by atoms with Crippen molar-refractivity contribution in [1.82, 2.24) is 0 Å². The summed E-state index contributed by atoms with van der Waals surface area (Å²) >= 11 is 0. The van der Waals surface area contributed by atoms with Gasteiger partial charge in [0.05, 0.1) is 37.1 Å². The van der Waals surface area contributed by atoms with Gasteiger partial charge in [-0.15, -0.1) is 0 Å². The second kappa shape index (κ2) is 10.0. The van der Waals surface area contributed by atoms with Crippen molar-refractivity contribution < 1.29 is 28.2 Å². The van der Waals surface area contributed by atoms with E-state index < -0.39 is 22.6 Å². The van der Waals surface area contributed by atoms with Gasteiger partial charge in [0.15, 0.2) is 16.6 Å². The highest BCUT2D eigenvalue weighted by molar-refractivity contribution is 6.74. The topological polar surface area (TPSA) is 74.2 Å². The van der Waals surface area contributed by atoms with Crippen LogP contribution in [0.1, 0.15) is 76.9 Å². The van der Waals surface area contributed by atoms with Gasteiger partial charge in [-0.3, -0.25) is 0 Å². The van der Waals surface area contributed by atoms with Crippen LogP contribution in [-0.4, -0.2) is 53.1 Å². The molecule has 8 heteroatoms. The number of ether oxygens (including phenoxy) is 2. The number of benzene rings is 1. The minimum absolute atomic E-state index is 0.0619. The van der Waals surface area contributed by atoms with Crippen molar-refractivity contribution in [3.05, 3.63) is 29.3 Å². The first-order valence-corrected chi connectivity index (χ1v) is 18.0. The van der Waals surface area contributed by atoms with E-state index in [1.165, 1.54) is 0 Å². The van der Waals surface area contributed by atoms with Gasteiger partial charge < -0.3 is 23.4 Å². The molecule has 0 bridgehead atoms. The molecule has 4 atom stereocenters. The minimum atomic E-state index is -2.09. The van der Waals surface area contributed by atoms with Crippen molar-refractivity contribution in [1.29, 1.82) is 0 Å². The van der Waals surface area contributed by atoms with Crippen LogP contribution in [0.3, 0.4) is 0 Å². The molecule has 1 aromatic rings. The van der Waals surface area contributed by atoms with Crippen LogP contribution in [0.15, 0.2) is 18.2 Å². The van der Waals surface area contributed by atoms with E-state index in [0.29, 0.717) is 12.2 Å². The SMILES string of the molecule is COc1cc(C(=O)O)ccc1[C@H]1C[C@@H](O[Si](C)(C)C(C)(C)C)[C@H](O[Si](C)(C)C(C)(C)C)[C@@H](C)O1. The quantitative estimate of drug-likeness (QED) is 0.397. The standard InChI is InChI=1S/C26H46O6Si2/c1-17-23(32-34(11,12)26(5,6)7)22(31-33(9,10)25(2,3)4)16-21(30-17)19-14-13-18(24(27)28)15-20(19)29-8/h13-15,17,21-23H,16H2,1-12H3,(H,27,28)/t17-,21-,22-,23-/m1/s1. The van der Waals surface area contributed by atoms with Gasteiger partial charge in [-0.1, -0.05) is 47.6 Å². The summed E-state index contributed by atoms with van der Waals surface area (Å²) in [5.41, 5.74) is 1.03. The molecule has 2 rings (SSSR count). The molecule has 0 spiro atoms. The Bertz CT molecular complexity index is 869. The zero-order valence-electron chi connectivity index (χ0n) is 23.2. The smallest absolute Gasteiger partial charge is 0.335 e. The summed E-state index contributed by atoms with van der Waals surface area (Å²) in [5.74, 6) is -0.461. The van der Waals surface area contributed by atoms with Crippen LogP contribution < -0.4 is 4.74 Å². The van der Waals surface area contributed by atoms with Crippen molar-refractivity contribution in [3.8, 4) is 5.75 Å². The van der Waals surface area contributed by atoms with Crippen LogP contribution in [-0.2, 0) is 13.6 Å². The average Bonchev–Trinajstić information content (AvgIpc) is 2.67. The number of carboxylic acids is 1. The number of carbonyl (C=O) groups is 1. The predicted octanol–water partition coefficient (Wildman–Crippen LogP) is 7.02. The average molecular weight is 511 g/mol. The predicted molar refractivity (Wildman–Crippen MR) is 142 cm³/mol. The highest BCUT2D eigenvalue weighted by atomic mass is 28.4. The Hall–Kier alpha value is -1.20. The van der Waals surface area contributed by atoms with Gasteiger partial charge in [0.2, 0.25) is 0 Å². The molecule has 1 saturated heterocycles. The molecule has 0 aliphatic carbocycles. The van der Waals surface area contributed by atoms with Crippen molar-refractivity contribution in [2.45, 2.75) is 116 Å². The van der Waals surface area contributed by atoms with Gasteiger partial charge in [-0.25, -0.2) is 4.79 Å². The molecule has 194 valence electrons. The third-order valence-corrected chi connectivity index (χ3v) is 16.9. The lowest BCUT2D eigenvalue weighted by Gasteiger charge is -2.50. The van der Waals surface area contributed by atoms with Gasteiger partial charge >= 0.3 is 5.97 Å². The van der Waals surface area contributed by atoms with E-state index >= 15 is 0 Å². The van der Waals surface area contributed by atoms with Crippen LogP contribution in [0.2, 0.25) is 36.3 Å². The van der Waals surface area contributed by atoms with Crippen LogP contribution >= 0.6 is 0 Å². The Balaban J connectivity index is 2.47. The van der Waals surface area contributed by atoms with Gasteiger partial charge in [0, 0.05) is 12.0 Å². The van der Waals surface area contributed by atoms with Crippen molar-refractivity contribution in [2.24, 2.45) is 0 Å². The van der Waals surface area contributed by atoms with Gasteiger partial charge in [0.1, 0.15) is 5.75 Å². The van der Waals surface area contributed by atoms with E-state index in [2.05, 4.69) is 74.7 Å². The van der Waals surface area contributed by atoms with Gasteiger partial charge in [0.25, 0.3) is 0 Å². The first kappa shape index (κ1) is 29.0. The highest BCUT2D eigenvalue weighted by Crippen LogP contribution is 2.45. The maximum absolute atomic E-state index is 11.5. The van der Waals surface area contributed by atoms with Gasteiger partial charge in [-0.05, 0) is 55.3 Å². The molecule has 0 saturated carbocycles. The minimum Gasteiger partial charge on any atom is -0.496 e. The number of rotatable bonds is 7. The molecule has 0 aromatic heterocycles. The summed E-state index contributed by atoms with van der Waals surface area (Å²) in [6.07, 6.45) is -0.143. The summed E-state index contributed by atoms with van der Waals surface area (Å²) in [7, 11) is -2.60. The molecular weight excluding hydrogens is 464 g/mol. The lowest BCUT2D eigenvalue weighted by molar-refractivity contribution is -0.154. The van der Waals surface area contributed by atoms with Crippen LogP contribution in [0.5, 0.6) is 5.75 Å². The number of hydrogen-bond acceptors (Lipinski definition) is 5. The number of carboxylic acid groups (broad SMARTS) is 1. The van der Waals surface area contributed by atoms with E-state index in [1.807, 2.05) is 0 Å². The van der Waals surface area contributed by atoms with E-state index in [-0.39, 0.29) is 40.1 Å². The molecule has 1 aliphatic rings. The van der Waals surface area contributed by atoms with Crippen molar-refractivity contribution in [2.75, 3.05) is 7.11 Å². The van der Waals surface area contributed by atoms with Gasteiger partial charge in [-0.2, -0.15) is 0 Å². The molecule has 1 aliphatic heterocycles. The molecule has 34 heavy (non-hydrogen) atoms. The fourth-order valence-electron chi connectivity index (χ4n) is 3.71. The van der Waals surface area contributed by atoms with E-state index in [9.17, 15) is 9.90 Å². The lowest BCUT2D eigenvalue weighted by atomic mass is 9.93. The zero-order valence-corrected chi connectivity index (χ0v) is 25.2. The Morgan fingerprint density at radius 3 is 2.00 bits per heavy atom. The Kier molecular flexibility index (Phi) is 8.58. The zero-order chi connectivity index (χ0) is 26.3. The van der Waals surface area contributed by atoms with Crippen molar-refractivity contribution >= 4 is 22.6 Å². The van der Waals surface area contributed by atoms with E-state index in [1.54, 1.807) is 25.3 Å². The monoisotopic (exact) mass is 510 g/mol. The summed E-state index contributed by atoms with van der Waals surface area (Å²) < 4.78 is 26.0. The fraction of sp³-hybridized carbons (Fsp3) is 0.731. The molecular formula is C26H46O6Si2. The number of aromatic carboxylic acids is 1. The normalized spacial score (nSPS) is 24.7. The molecule has 1 N–H and O–H groups in total. The second-order valence-electron chi connectivity index (χ2n) is 12.6. The molecule has 1 heterocycles. The van der Waals surface area contributed by atoms with Crippen molar-refractivity contribution in [3.63, 3.8) is 0 Å². The second-order valence-corrected chi connectivity index (χ2v) is 22.1. The maximum Gasteiger partial charge on any atom is 0.335 e. The Morgan fingerprint density at radius 2 is 1.53 bits per heavy atom. The Labute approximate surface area is 208 Å². The first-order valence-electron chi connectivity index (χ1n) is 12.2. The Morgan fingerprint density at radius 1 is 1.00 bits per heavy atom. The third-order valence-electron chi connectivity index (χ3n) is 7.97. The summed E-state index contributed by atoms with van der Waals surface area (Å²) in [6, 6.07) is 4.97. The first-order chi connectivity index (χ1) is 15.3. The summed E-state index contributed by atoms with van der Waals surface area (Å²) in [5, 5.41) is 9.52. The number of methoxy groups -OCH3 is 1. The number of hydrogen-bond donors (Lipinski definition) is 1.